The van der Waals surface area contributed by atoms with Gasteiger partial charge < -0.3 is 14.8 Å². The molecule has 1 N–H and O–H groups in total. The van der Waals surface area contributed by atoms with E-state index in [0.29, 0.717) is 6.04 Å². The smallest absolute Gasteiger partial charge is 0.160 e. The highest BCUT2D eigenvalue weighted by Crippen LogP contribution is 2.34. The Bertz CT molecular complexity index is 419. The molecule has 106 valence electrons. The van der Waals surface area contributed by atoms with Crippen LogP contribution in [-0.2, 0) is 6.42 Å². The molecule has 1 aliphatic rings. The van der Waals surface area contributed by atoms with Gasteiger partial charge in [-0.1, -0.05) is 19.4 Å². The molecule has 3 heteroatoms. The Morgan fingerprint density at radius 2 is 2.00 bits per heavy atom. The van der Waals surface area contributed by atoms with Crippen molar-refractivity contribution in [1.29, 1.82) is 0 Å². The zero-order chi connectivity index (χ0) is 13.8. The number of hydrogen-bond donors (Lipinski definition) is 1. The van der Waals surface area contributed by atoms with Crippen molar-refractivity contribution in [1.82, 2.24) is 5.32 Å². The first kappa shape index (κ1) is 14.2. The van der Waals surface area contributed by atoms with Crippen LogP contribution in [0.4, 0.5) is 0 Å². The number of nitrogens with one attached hydrogen (secondary N) is 1. The van der Waals surface area contributed by atoms with Gasteiger partial charge in [0.15, 0.2) is 11.5 Å². The first-order chi connectivity index (χ1) is 9.17. The highest BCUT2D eigenvalue weighted by molar-refractivity contribution is 5.43. The molecule has 0 saturated heterocycles. The minimum atomic E-state index is 0.500. The van der Waals surface area contributed by atoms with Crippen LogP contribution >= 0.6 is 0 Å². The lowest BCUT2D eigenvalue weighted by Gasteiger charge is -2.15. The van der Waals surface area contributed by atoms with E-state index in [1.165, 1.54) is 18.4 Å². The van der Waals surface area contributed by atoms with E-state index in [2.05, 4.69) is 31.3 Å². The first-order valence-electron chi connectivity index (χ1n) is 7.14. The van der Waals surface area contributed by atoms with Gasteiger partial charge in [0.2, 0.25) is 0 Å². The summed E-state index contributed by atoms with van der Waals surface area (Å²) in [4.78, 5) is 0. The molecule has 0 bridgehead atoms. The highest BCUT2D eigenvalue weighted by Gasteiger charge is 2.35. The van der Waals surface area contributed by atoms with Gasteiger partial charge in [-0.2, -0.15) is 0 Å². The van der Waals surface area contributed by atoms with Crippen molar-refractivity contribution in [3.05, 3.63) is 23.8 Å². The Kier molecular flexibility index (Phi) is 4.70. The Balaban J connectivity index is 1.91. The maximum atomic E-state index is 5.34. The van der Waals surface area contributed by atoms with Gasteiger partial charge >= 0.3 is 0 Å². The van der Waals surface area contributed by atoms with Crippen LogP contribution in [0.1, 0.15) is 32.3 Å². The summed E-state index contributed by atoms with van der Waals surface area (Å²) >= 11 is 0. The second-order valence-electron chi connectivity index (χ2n) is 5.47. The molecule has 0 radical (unpaired) electrons. The van der Waals surface area contributed by atoms with Crippen molar-refractivity contribution in [3.63, 3.8) is 0 Å². The number of hydrogen-bond acceptors (Lipinski definition) is 3. The molecular weight excluding hydrogens is 238 g/mol. The summed E-state index contributed by atoms with van der Waals surface area (Å²) < 4.78 is 10.6. The SMILES string of the molecule is CCC1CC1NC(C)Cc1ccc(OC)c(OC)c1. The van der Waals surface area contributed by atoms with E-state index in [9.17, 15) is 0 Å². The van der Waals surface area contributed by atoms with Crippen LogP contribution in [0.25, 0.3) is 0 Å². The van der Waals surface area contributed by atoms with Gasteiger partial charge in [-0.05, 0) is 43.4 Å². The van der Waals surface area contributed by atoms with Gasteiger partial charge in [-0.15, -0.1) is 0 Å². The summed E-state index contributed by atoms with van der Waals surface area (Å²) in [5.74, 6) is 2.50. The van der Waals surface area contributed by atoms with Crippen molar-refractivity contribution in [2.75, 3.05) is 14.2 Å². The molecule has 0 aliphatic heterocycles. The molecule has 1 aromatic rings. The molecule has 3 unspecified atom stereocenters. The Hall–Kier alpha value is -1.22. The Morgan fingerprint density at radius 3 is 2.58 bits per heavy atom. The standard InChI is InChI=1S/C16H25NO2/c1-5-13-10-14(13)17-11(2)8-12-6-7-15(18-3)16(9-12)19-4/h6-7,9,11,13-14,17H,5,8,10H2,1-4H3. The minimum absolute atomic E-state index is 0.500. The van der Waals surface area contributed by atoms with E-state index in [1.807, 2.05) is 6.07 Å². The zero-order valence-electron chi connectivity index (χ0n) is 12.4. The van der Waals surface area contributed by atoms with Gasteiger partial charge in [0.25, 0.3) is 0 Å². The molecule has 3 atom stereocenters. The molecule has 1 fully saturated rings. The summed E-state index contributed by atoms with van der Waals surface area (Å²) in [7, 11) is 3.35. The molecule has 0 spiro atoms. The summed E-state index contributed by atoms with van der Waals surface area (Å²) in [6.45, 7) is 4.52. The lowest BCUT2D eigenvalue weighted by molar-refractivity contribution is 0.354. The predicted molar refractivity (Wildman–Crippen MR) is 78.0 cm³/mol. The molecule has 1 aliphatic carbocycles. The van der Waals surface area contributed by atoms with Crippen LogP contribution in [0, 0.1) is 5.92 Å². The van der Waals surface area contributed by atoms with Crippen LogP contribution in [0.15, 0.2) is 18.2 Å². The molecule has 1 aromatic carbocycles. The van der Waals surface area contributed by atoms with Crippen molar-refractivity contribution in [2.45, 2.75) is 45.2 Å². The molecule has 1 saturated carbocycles. The average molecular weight is 263 g/mol. The fourth-order valence-corrected chi connectivity index (χ4v) is 2.69. The second kappa shape index (κ2) is 6.29. The molecule has 0 heterocycles. The third-order valence-electron chi connectivity index (χ3n) is 3.94. The van der Waals surface area contributed by atoms with E-state index >= 15 is 0 Å². The maximum absolute atomic E-state index is 5.34. The van der Waals surface area contributed by atoms with Gasteiger partial charge in [0.1, 0.15) is 0 Å². The van der Waals surface area contributed by atoms with Gasteiger partial charge in [-0.3, -0.25) is 0 Å². The Morgan fingerprint density at radius 1 is 1.26 bits per heavy atom. The second-order valence-corrected chi connectivity index (χ2v) is 5.47. The van der Waals surface area contributed by atoms with E-state index < -0.39 is 0 Å². The van der Waals surface area contributed by atoms with Gasteiger partial charge in [0, 0.05) is 12.1 Å². The van der Waals surface area contributed by atoms with E-state index in [4.69, 9.17) is 9.47 Å². The average Bonchev–Trinajstić information content (AvgIpc) is 3.16. The molecule has 19 heavy (non-hydrogen) atoms. The topological polar surface area (TPSA) is 30.5 Å². The number of rotatable bonds is 7. The van der Waals surface area contributed by atoms with Crippen molar-refractivity contribution < 1.29 is 9.47 Å². The van der Waals surface area contributed by atoms with E-state index in [0.717, 1.165) is 29.9 Å². The molecule has 0 amide bonds. The summed E-state index contributed by atoms with van der Waals surface area (Å²) in [6, 6.07) is 7.40. The number of ether oxygens (including phenoxy) is 2. The molecule has 2 rings (SSSR count). The largest absolute Gasteiger partial charge is 0.493 e. The summed E-state index contributed by atoms with van der Waals surface area (Å²) in [5.41, 5.74) is 1.28. The van der Waals surface area contributed by atoms with Crippen molar-refractivity contribution >= 4 is 0 Å². The fraction of sp³-hybridized carbons (Fsp3) is 0.625. The van der Waals surface area contributed by atoms with Crippen LogP contribution in [-0.4, -0.2) is 26.3 Å². The lowest BCUT2D eigenvalue weighted by Crippen LogP contribution is -2.31. The third kappa shape index (κ3) is 3.63. The van der Waals surface area contributed by atoms with E-state index in [1.54, 1.807) is 14.2 Å². The van der Waals surface area contributed by atoms with Crippen molar-refractivity contribution in [3.8, 4) is 11.5 Å². The quantitative estimate of drug-likeness (QED) is 0.820. The number of benzene rings is 1. The van der Waals surface area contributed by atoms with Crippen LogP contribution in [0.2, 0.25) is 0 Å². The zero-order valence-corrected chi connectivity index (χ0v) is 12.4. The van der Waals surface area contributed by atoms with Gasteiger partial charge in [0.05, 0.1) is 14.2 Å². The molecule has 0 aromatic heterocycles. The minimum Gasteiger partial charge on any atom is -0.493 e. The molecular formula is C16H25NO2. The van der Waals surface area contributed by atoms with Crippen LogP contribution < -0.4 is 14.8 Å². The fourth-order valence-electron chi connectivity index (χ4n) is 2.69. The summed E-state index contributed by atoms with van der Waals surface area (Å²) in [5, 5.41) is 3.70. The summed E-state index contributed by atoms with van der Waals surface area (Å²) in [6.07, 6.45) is 3.65. The molecule has 3 nitrogen and oxygen atoms in total. The third-order valence-corrected chi connectivity index (χ3v) is 3.94. The normalized spacial score (nSPS) is 22.9. The van der Waals surface area contributed by atoms with Crippen molar-refractivity contribution in [2.24, 2.45) is 5.92 Å². The van der Waals surface area contributed by atoms with Gasteiger partial charge in [-0.25, -0.2) is 0 Å². The maximum Gasteiger partial charge on any atom is 0.160 e. The lowest BCUT2D eigenvalue weighted by atomic mass is 10.1. The monoisotopic (exact) mass is 263 g/mol. The predicted octanol–water partition coefficient (Wildman–Crippen LogP) is 3.02. The number of methoxy groups -OCH3 is 2. The van der Waals surface area contributed by atoms with Crippen LogP contribution in [0.5, 0.6) is 11.5 Å². The first-order valence-corrected chi connectivity index (χ1v) is 7.14. The van der Waals surface area contributed by atoms with Crippen LogP contribution in [0.3, 0.4) is 0 Å². The Labute approximate surface area is 116 Å². The highest BCUT2D eigenvalue weighted by atomic mass is 16.5. The van der Waals surface area contributed by atoms with E-state index in [-0.39, 0.29) is 0 Å².